The van der Waals surface area contributed by atoms with E-state index in [0.29, 0.717) is 136 Å². The second-order valence-corrected chi connectivity index (χ2v) is 15.4. The zero-order valence-electron chi connectivity index (χ0n) is 35.3. The van der Waals surface area contributed by atoms with Crippen LogP contribution in [0.15, 0.2) is 170 Å². The summed E-state index contributed by atoms with van der Waals surface area (Å²) in [4.78, 5) is 56.2. The molecule has 11 aromatic rings. The van der Waals surface area contributed by atoms with Crippen molar-refractivity contribution in [1.82, 2.24) is 59.8 Å². The Kier molecular flexibility index (Phi) is 9.02. The van der Waals surface area contributed by atoms with Crippen molar-refractivity contribution in [2.75, 3.05) is 0 Å². The van der Waals surface area contributed by atoms with Crippen molar-refractivity contribution in [3.05, 3.63) is 170 Å². The monoisotopic (exact) mass is 886 g/mol. The van der Waals surface area contributed by atoms with E-state index in [0.717, 1.165) is 0 Å². The average molecular weight is 887 g/mol. The van der Waals surface area contributed by atoms with Gasteiger partial charge in [-0.2, -0.15) is 0 Å². The van der Waals surface area contributed by atoms with E-state index in [-0.39, 0.29) is 0 Å². The third kappa shape index (κ3) is 6.80. The van der Waals surface area contributed by atoms with Crippen LogP contribution in [0, 0.1) is 0 Å². The van der Waals surface area contributed by atoms with Crippen molar-refractivity contribution >= 4 is 44.1 Å². The van der Waals surface area contributed by atoms with Crippen LogP contribution < -0.4 is 18.9 Å². The first-order valence-electron chi connectivity index (χ1n) is 21.4. The summed E-state index contributed by atoms with van der Waals surface area (Å²) in [6.45, 7) is 0. The third-order valence-corrected chi connectivity index (χ3v) is 11.2. The molecular weight excluding hydrogens is 857 g/mol. The molecule has 322 valence electrons. The highest BCUT2D eigenvalue weighted by Crippen LogP contribution is 2.45. The predicted molar refractivity (Wildman–Crippen MR) is 253 cm³/mol. The number of rotatable bonds is 8. The summed E-state index contributed by atoms with van der Waals surface area (Å²) in [7, 11) is 0. The molecule has 0 radical (unpaired) electrons. The molecule has 2 aliphatic heterocycles. The highest BCUT2D eigenvalue weighted by Gasteiger charge is 2.28. The second kappa shape index (κ2) is 15.9. The molecule has 0 spiro atoms. The number of fused-ring (bicyclic) bond motifs is 20. The van der Waals surface area contributed by atoms with Crippen molar-refractivity contribution in [1.29, 1.82) is 0 Å². The van der Waals surface area contributed by atoms with Gasteiger partial charge in [-0.1, -0.05) is 72.8 Å². The van der Waals surface area contributed by atoms with Crippen LogP contribution in [0.1, 0.15) is 0 Å². The second-order valence-electron chi connectivity index (χ2n) is 15.4. The largest absolute Gasteiger partial charge is 0.438 e. The van der Waals surface area contributed by atoms with Gasteiger partial charge in [-0.15, -0.1) is 0 Å². The van der Waals surface area contributed by atoms with Gasteiger partial charge in [-0.25, -0.2) is 49.8 Å². The maximum Gasteiger partial charge on any atom is 0.219 e. The standard InChI is InChI=1S/C52H30N12O4/c1-5-25-53-37(21-1)65-33-17-9-13-29-41(33)49-57-45(29)62-50-43-31(15-11-19-35(43)67-39-23-3-7-27-55-39)47(59-50)64-52-44-32(16-12-20-36(44)68-40-24-4-8-28-56-40)48(60-52)63-51-42-30(46(58-51)61-49)14-10-18-34(42)66-38-22-2-6-26-54-38/h1-28H,(H2,57,58,59,60,61,62,63,64). The summed E-state index contributed by atoms with van der Waals surface area (Å²) in [5.74, 6) is 4.86. The zero-order chi connectivity index (χ0) is 45.0. The molecule has 7 aromatic heterocycles. The maximum atomic E-state index is 6.46. The molecule has 0 atom stereocenters. The minimum Gasteiger partial charge on any atom is -0.438 e. The van der Waals surface area contributed by atoms with Gasteiger partial charge >= 0.3 is 0 Å². The van der Waals surface area contributed by atoms with Crippen molar-refractivity contribution in [2.24, 2.45) is 0 Å². The first kappa shape index (κ1) is 38.5. The first-order valence-corrected chi connectivity index (χ1v) is 21.4. The maximum absolute atomic E-state index is 6.46. The van der Waals surface area contributed by atoms with Crippen LogP contribution in [0.2, 0.25) is 0 Å². The summed E-state index contributed by atoms with van der Waals surface area (Å²) >= 11 is 0. The molecule has 4 aromatic carbocycles. The topological polar surface area (TPSA) is 197 Å². The molecule has 0 unspecified atom stereocenters. The summed E-state index contributed by atoms with van der Waals surface area (Å²) in [6.07, 6.45) is 6.68. The minimum atomic E-state index is 0.323. The van der Waals surface area contributed by atoms with Crippen LogP contribution >= 0.6 is 0 Å². The highest BCUT2D eigenvalue weighted by molar-refractivity contribution is 6.10. The molecule has 16 heteroatoms. The molecule has 0 amide bonds. The number of ether oxygens (including phenoxy) is 4. The van der Waals surface area contributed by atoms with Crippen LogP contribution in [0.25, 0.3) is 89.7 Å². The van der Waals surface area contributed by atoms with Crippen LogP contribution in [0.4, 0.5) is 0 Å². The number of pyridine rings is 4. The lowest BCUT2D eigenvalue weighted by Gasteiger charge is -2.09. The number of hydrogen-bond donors (Lipinski definition) is 2. The smallest absolute Gasteiger partial charge is 0.219 e. The van der Waals surface area contributed by atoms with Gasteiger partial charge in [0.15, 0.2) is 23.3 Å². The lowest BCUT2D eigenvalue weighted by molar-refractivity contribution is 0.464. The van der Waals surface area contributed by atoms with E-state index in [9.17, 15) is 0 Å². The third-order valence-electron chi connectivity index (χ3n) is 11.2. The van der Waals surface area contributed by atoms with Gasteiger partial charge < -0.3 is 28.9 Å². The SMILES string of the molecule is c1ccc(Oc2cccc3c2-c2nc-3nc3[nH]c(nc4nc(nc5[nH]c(n2)c2cccc(Oc6ccccn6)c52)-c2cccc(Oc5ccccn5)c2-4)c2cccc(Oc4ccccn4)c32)nc1. The fourth-order valence-electron chi connectivity index (χ4n) is 8.28. The van der Waals surface area contributed by atoms with Crippen LogP contribution in [-0.2, 0) is 0 Å². The van der Waals surface area contributed by atoms with E-state index < -0.39 is 0 Å². The molecule has 68 heavy (non-hydrogen) atoms. The summed E-state index contributed by atoms with van der Waals surface area (Å²) < 4.78 is 25.8. The normalized spacial score (nSPS) is 11.5. The van der Waals surface area contributed by atoms with E-state index in [1.165, 1.54) is 0 Å². The number of hydrogen-bond acceptors (Lipinski definition) is 14. The quantitative estimate of drug-likeness (QED) is 0.146. The van der Waals surface area contributed by atoms with Crippen molar-refractivity contribution in [3.8, 4) is 92.1 Å². The molecule has 8 bridgehead atoms. The number of nitrogens with one attached hydrogen (secondary N) is 2. The molecule has 9 heterocycles. The molecule has 2 N–H and O–H groups in total. The number of nitrogens with zero attached hydrogens (tertiary/aromatic N) is 10. The van der Waals surface area contributed by atoms with Gasteiger partial charge in [0.25, 0.3) is 0 Å². The number of H-pyrrole nitrogens is 2. The Bertz CT molecular complexity index is 3670. The lowest BCUT2D eigenvalue weighted by Crippen LogP contribution is -1.91. The summed E-state index contributed by atoms with van der Waals surface area (Å²) in [6, 6.07) is 44.6. The molecule has 0 fully saturated rings. The average Bonchev–Trinajstić information content (AvgIpc) is 4.12. The Balaban J connectivity index is 1.15. The van der Waals surface area contributed by atoms with Gasteiger partial charge in [0.05, 0.1) is 21.9 Å². The molecule has 16 nitrogen and oxygen atoms in total. The lowest BCUT2D eigenvalue weighted by atomic mass is 10.1. The van der Waals surface area contributed by atoms with Crippen molar-refractivity contribution in [2.45, 2.75) is 0 Å². The molecule has 2 aliphatic rings. The van der Waals surface area contributed by atoms with Crippen LogP contribution in [-0.4, -0.2) is 59.8 Å². The van der Waals surface area contributed by atoms with Gasteiger partial charge in [-0.3, -0.25) is 0 Å². The van der Waals surface area contributed by atoms with Gasteiger partial charge in [0, 0.05) is 71.0 Å². The Labute approximate surface area is 384 Å². The number of aromatic nitrogens is 12. The number of benzene rings is 4. The van der Waals surface area contributed by atoms with Gasteiger partial charge in [0.1, 0.15) is 45.6 Å². The Morgan fingerprint density at radius 1 is 0.294 bits per heavy atom. The van der Waals surface area contributed by atoms with E-state index >= 15 is 0 Å². The summed E-state index contributed by atoms with van der Waals surface area (Å²) in [5.41, 5.74) is 4.22. The summed E-state index contributed by atoms with van der Waals surface area (Å²) in [5, 5.41) is 2.63. The van der Waals surface area contributed by atoms with Gasteiger partial charge in [0.2, 0.25) is 23.5 Å². The molecule has 0 saturated carbocycles. The molecule has 0 saturated heterocycles. The Morgan fingerprint density at radius 3 is 1.03 bits per heavy atom. The Hall–Kier alpha value is -9.96. The first-order chi connectivity index (χ1) is 33.7. The fraction of sp³-hybridized carbons (Fsp3) is 0. The fourth-order valence-corrected chi connectivity index (χ4v) is 8.28. The number of aromatic amines is 2. The van der Waals surface area contributed by atoms with Crippen LogP contribution in [0.5, 0.6) is 46.5 Å². The zero-order valence-corrected chi connectivity index (χ0v) is 35.3. The molecule has 13 rings (SSSR count). The molecule has 0 aliphatic carbocycles. The van der Waals surface area contributed by atoms with Crippen LogP contribution in [0.3, 0.4) is 0 Å². The predicted octanol–water partition coefficient (Wildman–Crippen LogP) is 11.6. The van der Waals surface area contributed by atoms with Crippen molar-refractivity contribution < 1.29 is 18.9 Å². The van der Waals surface area contributed by atoms with E-state index in [1.54, 1.807) is 49.1 Å². The minimum absolute atomic E-state index is 0.323. The van der Waals surface area contributed by atoms with Crippen molar-refractivity contribution in [3.63, 3.8) is 0 Å². The van der Waals surface area contributed by atoms with E-state index in [1.807, 2.05) is 121 Å². The molecular formula is C52H30N12O4. The highest BCUT2D eigenvalue weighted by atomic mass is 16.5. The van der Waals surface area contributed by atoms with E-state index in [2.05, 4.69) is 29.9 Å². The van der Waals surface area contributed by atoms with Gasteiger partial charge in [-0.05, 0) is 48.5 Å². The Morgan fingerprint density at radius 2 is 0.647 bits per heavy atom. The van der Waals surface area contributed by atoms with E-state index in [4.69, 9.17) is 48.9 Å².